The van der Waals surface area contributed by atoms with Crippen molar-refractivity contribution >= 4 is 53.8 Å². The van der Waals surface area contributed by atoms with E-state index in [4.69, 9.17) is 10.2 Å². The number of aryl methyl sites for hydroxylation is 1. The van der Waals surface area contributed by atoms with Crippen LogP contribution in [-0.2, 0) is 18.5 Å². The average Bonchev–Trinajstić information content (AvgIpc) is 3.28. The third-order valence-electron chi connectivity index (χ3n) is 6.38. The van der Waals surface area contributed by atoms with Crippen LogP contribution in [0.1, 0.15) is 44.8 Å². The Bertz CT molecular complexity index is 1460. The number of hydrogen-bond donors (Lipinski definition) is 4. The van der Waals surface area contributed by atoms with E-state index in [-0.39, 0.29) is 22.7 Å². The van der Waals surface area contributed by atoms with Crippen LogP contribution in [0, 0.1) is 18.6 Å². The zero-order chi connectivity index (χ0) is 29.6. The van der Waals surface area contributed by atoms with Gasteiger partial charge in [0.2, 0.25) is 5.95 Å². The van der Waals surface area contributed by atoms with Crippen LogP contribution >= 0.6 is 31.0 Å². The van der Waals surface area contributed by atoms with Gasteiger partial charge >= 0.3 is 0 Å². The summed E-state index contributed by atoms with van der Waals surface area (Å²) in [4.78, 5) is 19.9. The zero-order valence-corrected chi connectivity index (χ0v) is 26.5. The maximum absolute atomic E-state index is 15.0. The second kappa shape index (κ2) is 13.9. The van der Waals surface area contributed by atoms with Crippen molar-refractivity contribution in [3.05, 3.63) is 59.2 Å². The molecule has 1 aliphatic heterocycles. The van der Waals surface area contributed by atoms with Crippen molar-refractivity contribution in [2.45, 2.75) is 53.1 Å². The Balaban J connectivity index is 0.000000827. The summed E-state index contributed by atoms with van der Waals surface area (Å²) in [6, 6.07) is 6.93. The number of hydrogen-bond acceptors (Lipinski definition) is 9. The highest BCUT2D eigenvalue weighted by Gasteiger charge is 2.23. The predicted octanol–water partition coefficient (Wildman–Crippen LogP) is 6.21. The van der Waals surface area contributed by atoms with E-state index in [0.717, 1.165) is 37.9 Å². The molecule has 3 aromatic heterocycles. The number of halogens is 3. The smallest absolute Gasteiger partial charge is 0.229 e. The molecule has 1 aromatic carbocycles. The molecule has 9 nitrogen and oxygen atoms in total. The Morgan fingerprint density at radius 1 is 1.10 bits per heavy atom. The van der Waals surface area contributed by atoms with Crippen LogP contribution in [0.15, 0.2) is 30.5 Å². The third kappa shape index (κ3) is 7.24. The van der Waals surface area contributed by atoms with Gasteiger partial charge in [0.25, 0.3) is 0 Å². The first kappa shape index (κ1) is 32.1. The second-order valence-corrected chi connectivity index (χ2v) is 10.2. The molecule has 0 radical (unpaired) electrons. The first-order valence-electron chi connectivity index (χ1n) is 12.7. The minimum absolute atomic E-state index is 0.0131. The fourth-order valence-electron chi connectivity index (χ4n) is 4.79. The van der Waals surface area contributed by atoms with Gasteiger partial charge in [-0.25, -0.2) is 34.2 Å². The molecule has 1 aliphatic rings. The van der Waals surface area contributed by atoms with Gasteiger partial charge in [0, 0.05) is 43.4 Å². The molecular formula is C27H35F2IN8OS. The monoisotopic (exact) mass is 684 g/mol. The summed E-state index contributed by atoms with van der Waals surface area (Å²) >= 11 is 1.84. The van der Waals surface area contributed by atoms with E-state index >= 15 is 4.39 Å². The first-order chi connectivity index (χ1) is 19.0. The lowest BCUT2D eigenvalue weighted by Gasteiger charge is -2.27. The first-order valence-corrected chi connectivity index (χ1v) is 16.0. The van der Waals surface area contributed by atoms with Crippen molar-refractivity contribution in [1.82, 2.24) is 34.9 Å². The Hall–Kier alpha value is -2.46. The molecule has 216 valence electrons. The topological polar surface area (TPSA) is 104 Å². The number of imidazole rings is 1. The van der Waals surface area contributed by atoms with E-state index in [1.165, 1.54) is 18.7 Å². The van der Waals surface area contributed by atoms with Gasteiger partial charge in [-0.1, -0.05) is 13.0 Å². The van der Waals surface area contributed by atoms with Gasteiger partial charge in [0.05, 0.1) is 11.7 Å². The fraction of sp³-hybridized carbons (Fsp3) is 0.407. The van der Waals surface area contributed by atoms with Gasteiger partial charge in [0.15, 0.2) is 11.6 Å². The van der Waals surface area contributed by atoms with E-state index in [9.17, 15) is 4.39 Å². The third-order valence-corrected chi connectivity index (χ3v) is 6.38. The molecule has 0 aliphatic carbocycles. The van der Waals surface area contributed by atoms with Crippen LogP contribution in [0.2, 0.25) is 0 Å². The minimum Gasteiger partial charge on any atom is -0.323 e. The molecule has 4 aromatic rings. The van der Waals surface area contributed by atoms with Crippen molar-refractivity contribution in [2.75, 3.05) is 25.5 Å². The van der Waals surface area contributed by atoms with E-state index in [1.807, 2.05) is 59.5 Å². The molecule has 0 amide bonds. The van der Waals surface area contributed by atoms with Crippen LogP contribution < -0.4 is 10.8 Å². The van der Waals surface area contributed by atoms with Crippen LogP contribution in [0.3, 0.4) is 0 Å². The van der Waals surface area contributed by atoms with Crippen molar-refractivity contribution in [1.29, 1.82) is 0 Å². The number of thiol groups is 1. The Labute approximate surface area is 250 Å². The normalized spacial score (nSPS) is 13.2. The lowest BCUT2D eigenvalue weighted by molar-refractivity contribution is 0.194. The summed E-state index contributed by atoms with van der Waals surface area (Å²) in [7, 11) is 4.93. The van der Waals surface area contributed by atoms with Crippen molar-refractivity contribution < 1.29 is 14.0 Å². The molecule has 4 heterocycles. The van der Waals surface area contributed by atoms with E-state index in [0.29, 0.717) is 22.7 Å². The number of rotatable bonds is 4. The van der Waals surface area contributed by atoms with Crippen LogP contribution in [0.4, 0.5) is 20.5 Å². The van der Waals surface area contributed by atoms with E-state index in [1.54, 1.807) is 11.5 Å². The number of pyridine rings is 1. The lowest BCUT2D eigenvalue weighted by Crippen LogP contribution is -2.30. The Kier molecular flexibility index (Phi) is 11.2. The van der Waals surface area contributed by atoms with Gasteiger partial charge in [-0.05, 0) is 79.2 Å². The Morgan fingerprint density at radius 3 is 2.45 bits per heavy atom. The van der Waals surface area contributed by atoms with E-state index < -0.39 is 11.6 Å². The quantitative estimate of drug-likeness (QED) is 0.114. The molecule has 3 N–H and O–H groups in total. The van der Waals surface area contributed by atoms with Gasteiger partial charge in [-0.2, -0.15) is 0 Å². The molecule has 0 saturated carbocycles. The summed E-state index contributed by atoms with van der Waals surface area (Å²) in [6.07, 6.45) is 1.96. The second-order valence-electron chi connectivity index (χ2n) is 10.2. The molecule has 0 bridgehead atoms. The van der Waals surface area contributed by atoms with Crippen molar-refractivity contribution in [3.63, 3.8) is 0 Å². The summed E-state index contributed by atoms with van der Waals surface area (Å²) in [5, 5.41) is 10.4. The Morgan fingerprint density at radius 2 is 1.80 bits per heavy atom. The molecule has 0 fully saturated rings. The van der Waals surface area contributed by atoms with Crippen LogP contribution in [0.5, 0.6) is 0 Å². The van der Waals surface area contributed by atoms with Gasteiger partial charge in [0.1, 0.15) is 22.9 Å². The highest BCUT2D eigenvalue weighted by atomic mass is 127. The van der Waals surface area contributed by atoms with Gasteiger partial charge < -0.3 is 15.1 Å². The number of nitrogens with one attached hydrogen (secondary N) is 2. The molecular weight excluding hydrogens is 649 g/mol. The summed E-state index contributed by atoms with van der Waals surface area (Å²) < 4.78 is 31.8. The van der Waals surface area contributed by atoms with Crippen LogP contribution in [0.25, 0.3) is 22.3 Å². The number of anilines is 2. The standard InChI is InChI=1S/C26H29F2N7.CH5NO.HIS/c1-6-34-10-9-20-16(14-34)7-8-22(31-20)32-25-29-13-19(28)23(33-25)17-11-18(27)24-21(12-17)35(15(2)30-24)26(3,4)5;1-2-3;1-2/h7-8,11-13H,6,9-10,14H2,1-5H3,(H,29,31,32,33);2-3H,1H3;2H. The SMILES string of the molecule is CCN1CCc2nc(Nc3ncc(F)c(-c4cc(F)c5nc(C)n(C(C)(C)C)c5c4)n3)ccc2C1.CNO.SI. The molecule has 0 saturated heterocycles. The number of aromatic nitrogens is 5. The van der Waals surface area contributed by atoms with Gasteiger partial charge in [-0.3, -0.25) is 4.90 Å². The highest BCUT2D eigenvalue weighted by molar-refractivity contribution is 14.2. The van der Waals surface area contributed by atoms with Crippen molar-refractivity contribution in [3.8, 4) is 11.3 Å². The van der Waals surface area contributed by atoms with E-state index in [2.05, 4.69) is 48.0 Å². The van der Waals surface area contributed by atoms with Crippen LogP contribution in [-0.4, -0.2) is 54.7 Å². The van der Waals surface area contributed by atoms with Gasteiger partial charge in [-0.15, -0.1) is 9.80 Å². The highest BCUT2D eigenvalue weighted by Crippen LogP contribution is 2.32. The number of nitrogens with zero attached hydrogens (tertiary/aromatic N) is 6. The molecule has 0 atom stereocenters. The largest absolute Gasteiger partial charge is 0.323 e. The predicted molar refractivity (Wildman–Crippen MR) is 166 cm³/mol. The summed E-state index contributed by atoms with van der Waals surface area (Å²) in [5.41, 5.74) is 4.86. The molecule has 13 heteroatoms. The zero-order valence-electron chi connectivity index (χ0n) is 23.4. The molecule has 5 rings (SSSR count). The average molecular weight is 685 g/mol. The number of hydroxylamine groups is 1. The molecule has 0 unspecified atom stereocenters. The summed E-state index contributed by atoms with van der Waals surface area (Å²) in [5.74, 6) is 0.323. The lowest BCUT2D eigenvalue weighted by atomic mass is 10.1. The maximum atomic E-state index is 15.0. The fourth-order valence-corrected chi connectivity index (χ4v) is 4.79. The summed E-state index contributed by atoms with van der Waals surface area (Å²) in [6.45, 7) is 12.9. The molecule has 0 spiro atoms. The number of benzene rings is 1. The number of fused-ring (bicyclic) bond motifs is 2. The maximum Gasteiger partial charge on any atom is 0.229 e. The number of likely N-dealkylation sites (N-methyl/N-ethyl adjacent to an activating group) is 1. The molecule has 40 heavy (non-hydrogen) atoms. The minimum atomic E-state index is -0.633. The van der Waals surface area contributed by atoms with Crippen molar-refractivity contribution in [2.24, 2.45) is 0 Å².